The summed E-state index contributed by atoms with van der Waals surface area (Å²) in [4.78, 5) is 18.5. The molecule has 0 aliphatic carbocycles. The van der Waals surface area contributed by atoms with Crippen molar-refractivity contribution in [2.45, 2.75) is 19.8 Å². The van der Waals surface area contributed by atoms with Crippen LogP contribution < -0.4 is 4.74 Å². The molecular weight excluding hydrogens is 492 g/mol. The number of aliphatic imine (C=N–C) groups is 1. The lowest BCUT2D eigenvalue weighted by Gasteiger charge is -2.28. The van der Waals surface area contributed by atoms with Crippen LogP contribution >= 0.6 is 15.9 Å². The zero-order chi connectivity index (χ0) is 24.5. The van der Waals surface area contributed by atoms with E-state index in [9.17, 15) is 9.90 Å². The van der Waals surface area contributed by atoms with Crippen molar-refractivity contribution in [2.75, 3.05) is 20.2 Å². The number of nitrogens with zero attached hydrogens (tertiary/aromatic N) is 2. The molecule has 0 aliphatic heterocycles. The fraction of sp³-hybridized carbons (Fsp3) is 0.214. The lowest BCUT2D eigenvalue weighted by atomic mass is 10.0. The Bertz CT molecular complexity index is 1180. The summed E-state index contributed by atoms with van der Waals surface area (Å²) in [5, 5.41) is 9.42. The van der Waals surface area contributed by atoms with Crippen molar-refractivity contribution in [3.63, 3.8) is 0 Å². The van der Waals surface area contributed by atoms with Gasteiger partial charge in [-0.15, -0.1) is 0 Å². The highest BCUT2D eigenvalue weighted by molar-refractivity contribution is 9.10. The number of benzene rings is 3. The van der Waals surface area contributed by atoms with Gasteiger partial charge in [0, 0.05) is 34.3 Å². The second kappa shape index (κ2) is 12.2. The molecule has 3 aromatic carbocycles. The summed E-state index contributed by atoms with van der Waals surface area (Å²) >= 11 is 3.51. The molecule has 0 saturated heterocycles. The van der Waals surface area contributed by atoms with Crippen LogP contribution in [0.25, 0.3) is 5.70 Å². The van der Waals surface area contributed by atoms with E-state index in [0.29, 0.717) is 24.6 Å². The Balaban J connectivity index is 2.07. The Morgan fingerprint density at radius 1 is 1.06 bits per heavy atom. The summed E-state index contributed by atoms with van der Waals surface area (Å²) in [6, 6.07) is 23.8. The maximum atomic E-state index is 11.5. The molecule has 0 aliphatic rings. The normalized spacial score (nSPS) is 11.2. The van der Waals surface area contributed by atoms with Gasteiger partial charge in [-0.3, -0.25) is 4.79 Å². The topological polar surface area (TPSA) is 62.1 Å². The van der Waals surface area contributed by atoms with Crippen molar-refractivity contribution in [3.05, 3.63) is 106 Å². The Labute approximate surface area is 209 Å². The van der Waals surface area contributed by atoms with Gasteiger partial charge in [-0.05, 0) is 37.1 Å². The molecule has 0 atom stereocenters. The van der Waals surface area contributed by atoms with Gasteiger partial charge in [0.2, 0.25) is 0 Å². The van der Waals surface area contributed by atoms with Crippen molar-refractivity contribution in [1.29, 1.82) is 0 Å². The average molecular weight is 521 g/mol. The molecule has 1 N–H and O–H groups in total. The average Bonchev–Trinajstić information content (AvgIpc) is 2.83. The molecule has 0 aromatic heterocycles. The van der Waals surface area contributed by atoms with Crippen LogP contribution in [-0.4, -0.2) is 42.0 Å². The molecule has 176 valence electrons. The minimum Gasteiger partial charge on any atom is -0.496 e. The van der Waals surface area contributed by atoms with E-state index in [-0.39, 0.29) is 6.42 Å². The molecule has 0 radical (unpaired) electrons. The van der Waals surface area contributed by atoms with E-state index in [1.54, 1.807) is 7.11 Å². The van der Waals surface area contributed by atoms with E-state index in [4.69, 9.17) is 9.73 Å². The predicted octanol–water partition coefficient (Wildman–Crippen LogP) is 6.20. The number of aliphatic carboxylic acids is 1. The molecule has 0 unspecified atom stereocenters. The van der Waals surface area contributed by atoms with Crippen molar-refractivity contribution < 1.29 is 14.6 Å². The lowest BCUT2D eigenvalue weighted by molar-refractivity contribution is -0.137. The summed E-state index contributed by atoms with van der Waals surface area (Å²) < 4.78 is 6.49. The van der Waals surface area contributed by atoms with Crippen molar-refractivity contribution in [3.8, 4) is 5.75 Å². The smallest absolute Gasteiger partial charge is 0.305 e. The highest BCUT2D eigenvalue weighted by Crippen LogP contribution is 2.26. The van der Waals surface area contributed by atoms with Crippen LogP contribution in [0.5, 0.6) is 5.75 Å². The monoisotopic (exact) mass is 520 g/mol. The zero-order valence-corrected chi connectivity index (χ0v) is 21.1. The number of amidine groups is 1. The first-order valence-electron chi connectivity index (χ1n) is 11.1. The van der Waals surface area contributed by atoms with E-state index in [0.717, 1.165) is 33.3 Å². The van der Waals surface area contributed by atoms with Crippen molar-refractivity contribution in [2.24, 2.45) is 4.99 Å². The third-order valence-corrected chi connectivity index (χ3v) is 6.05. The van der Waals surface area contributed by atoms with E-state index >= 15 is 0 Å². The van der Waals surface area contributed by atoms with Gasteiger partial charge in [0.15, 0.2) is 0 Å². The minimum absolute atomic E-state index is 0.000186. The molecule has 0 bridgehead atoms. The van der Waals surface area contributed by atoms with Gasteiger partial charge >= 0.3 is 5.97 Å². The number of halogens is 1. The van der Waals surface area contributed by atoms with Crippen LogP contribution in [-0.2, 0) is 11.2 Å². The third-order valence-electron chi connectivity index (χ3n) is 5.55. The van der Waals surface area contributed by atoms with Crippen LogP contribution in [0.15, 0.2) is 88.8 Å². The van der Waals surface area contributed by atoms with Gasteiger partial charge in [0.25, 0.3) is 0 Å². The number of hydrogen-bond donors (Lipinski definition) is 1. The van der Waals surface area contributed by atoms with Crippen molar-refractivity contribution in [1.82, 2.24) is 4.90 Å². The van der Waals surface area contributed by atoms with E-state index in [1.807, 2.05) is 72.5 Å². The summed E-state index contributed by atoms with van der Waals surface area (Å²) in [5.41, 5.74) is 4.47. The number of carboxylic acids is 1. The number of carbonyl (C=O) groups is 1. The Kier molecular flexibility index (Phi) is 9.05. The Hall–Kier alpha value is -3.38. The molecule has 6 heteroatoms. The van der Waals surface area contributed by atoms with Gasteiger partial charge in [-0.25, -0.2) is 4.99 Å². The molecule has 5 nitrogen and oxygen atoms in total. The summed E-state index contributed by atoms with van der Waals surface area (Å²) in [6.45, 7) is 7.13. The summed E-state index contributed by atoms with van der Waals surface area (Å²) in [5.74, 6) is 0.579. The van der Waals surface area contributed by atoms with Gasteiger partial charge in [0.1, 0.15) is 11.6 Å². The first-order valence-corrected chi connectivity index (χ1v) is 11.9. The Morgan fingerprint density at radius 3 is 2.47 bits per heavy atom. The quantitative estimate of drug-likeness (QED) is 0.255. The second-order valence-electron chi connectivity index (χ2n) is 7.89. The van der Waals surface area contributed by atoms with Crippen LogP contribution in [0.2, 0.25) is 0 Å². The highest BCUT2D eigenvalue weighted by Gasteiger charge is 2.19. The highest BCUT2D eigenvalue weighted by atomic mass is 79.9. The number of methoxy groups -OCH3 is 1. The summed E-state index contributed by atoms with van der Waals surface area (Å²) in [6.07, 6.45) is 0.756. The minimum atomic E-state index is -0.850. The first-order chi connectivity index (χ1) is 16.4. The fourth-order valence-corrected chi connectivity index (χ4v) is 4.10. The number of rotatable bonds is 10. The maximum Gasteiger partial charge on any atom is 0.305 e. The summed E-state index contributed by atoms with van der Waals surface area (Å²) in [7, 11) is 1.64. The van der Waals surface area contributed by atoms with Gasteiger partial charge < -0.3 is 14.7 Å². The Morgan fingerprint density at radius 2 is 1.79 bits per heavy atom. The molecule has 0 amide bonds. The third kappa shape index (κ3) is 6.81. The van der Waals surface area contributed by atoms with Gasteiger partial charge in [-0.1, -0.05) is 77.1 Å². The van der Waals surface area contributed by atoms with Crippen LogP contribution in [0.3, 0.4) is 0 Å². The molecular formula is C28H29BrN2O3. The van der Waals surface area contributed by atoms with E-state index < -0.39 is 5.97 Å². The zero-order valence-electron chi connectivity index (χ0n) is 19.5. The maximum absolute atomic E-state index is 11.5. The van der Waals surface area contributed by atoms with Crippen LogP contribution in [0.1, 0.15) is 28.7 Å². The molecule has 0 saturated carbocycles. The van der Waals surface area contributed by atoms with Gasteiger partial charge in [-0.2, -0.15) is 0 Å². The van der Waals surface area contributed by atoms with Crippen molar-refractivity contribution >= 4 is 33.4 Å². The van der Waals surface area contributed by atoms with Crippen LogP contribution in [0.4, 0.5) is 0 Å². The van der Waals surface area contributed by atoms with E-state index in [2.05, 4.69) is 34.6 Å². The SMILES string of the molecule is C=C(N=C(c1cccc(OC)c1C)N(CCC(=O)O)CCc1ccccc1)c1cccc(Br)c1. The fourth-order valence-electron chi connectivity index (χ4n) is 3.70. The predicted molar refractivity (Wildman–Crippen MR) is 141 cm³/mol. The molecule has 3 rings (SSSR count). The second-order valence-corrected chi connectivity index (χ2v) is 8.81. The van der Waals surface area contributed by atoms with E-state index in [1.165, 1.54) is 5.56 Å². The number of ether oxygens (including phenoxy) is 1. The first kappa shape index (κ1) is 25.2. The lowest BCUT2D eigenvalue weighted by Crippen LogP contribution is -2.36. The number of hydrogen-bond acceptors (Lipinski definition) is 3. The standard InChI is InChI=1S/C28H29BrN2O3/c1-20-25(13-8-14-26(20)34-3)28(30-21(2)23-11-7-12-24(29)19-23)31(18-16-27(32)33)17-15-22-9-5-4-6-10-22/h4-14,19H,2,15-18H2,1,3H3,(H,32,33). The molecule has 0 spiro atoms. The van der Waals surface area contributed by atoms with Crippen LogP contribution in [0, 0.1) is 6.92 Å². The molecule has 34 heavy (non-hydrogen) atoms. The number of carboxylic acid groups (broad SMARTS) is 1. The molecule has 0 heterocycles. The largest absolute Gasteiger partial charge is 0.496 e. The van der Waals surface area contributed by atoms with Gasteiger partial charge in [0.05, 0.1) is 19.2 Å². The molecule has 0 fully saturated rings. The molecule has 3 aromatic rings.